The summed E-state index contributed by atoms with van der Waals surface area (Å²) in [6.07, 6.45) is 0. The van der Waals surface area contributed by atoms with Crippen LogP contribution in [0.5, 0.6) is 0 Å². The quantitative estimate of drug-likeness (QED) is 0.779. The number of benzene rings is 1. The summed E-state index contributed by atoms with van der Waals surface area (Å²) in [7, 11) is 0. The molecule has 0 saturated carbocycles. The van der Waals surface area contributed by atoms with Crippen LogP contribution in [-0.2, 0) is 11.3 Å². The molecule has 0 saturated heterocycles. The lowest BCUT2D eigenvalue weighted by molar-refractivity contribution is 0.131. The van der Waals surface area contributed by atoms with Gasteiger partial charge in [-0.2, -0.15) is 0 Å². The molecular formula is C9H10BrFO. The number of rotatable bonds is 3. The van der Waals surface area contributed by atoms with Crippen molar-refractivity contribution in [1.82, 2.24) is 0 Å². The third kappa shape index (κ3) is 2.57. The molecule has 1 aromatic rings. The summed E-state index contributed by atoms with van der Waals surface area (Å²) in [5, 5.41) is 0. The highest BCUT2D eigenvalue weighted by molar-refractivity contribution is 9.10. The topological polar surface area (TPSA) is 9.23 Å². The molecule has 0 bridgehead atoms. The first-order valence-corrected chi connectivity index (χ1v) is 4.55. The van der Waals surface area contributed by atoms with Gasteiger partial charge >= 0.3 is 0 Å². The lowest BCUT2D eigenvalue weighted by Gasteiger charge is -2.03. The zero-order valence-corrected chi connectivity index (χ0v) is 8.40. The molecule has 0 radical (unpaired) electrons. The van der Waals surface area contributed by atoms with E-state index in [0.29, 0.717) is 18.8 Å². The van der Waals surface area contributed by atoms with Crippen molar-refractivity contribution in [2.75, 3.05) is 6.61 Å². The Labute approximate surface area is 79.7 Å². The Hall–Kier alpha value is -0.410. The Kier molecular flexibility index (Phi) is 3.69. The van der Waals surface area contributed by atoms with E-state index >= 15 is 0 Å². The SMILES string of the molecule is CCOCc1cc(Br)ccc1F. The molecule has 0 N–H and O–H groups in total. The van der Waals surface area contributed by atoms with Crippen LogP contribution in [0, 0.1) is 5.82 Å². The maximum Gasteiger partial charge on any atom is 0.128 e. The van der Waals surface area contributed by atoms with Gasteiger partial charge in [0.25, 0.3) is 0 Å². The summed E-state index contributed by atoms with van der Waals surface area (Å²) in [6.45, 7) is 2.82. The summed E-state index contributed by atoms with van der Waals surface area (Å²) < 4.78 is 19.0. The van der Waals surface area contributed by atoms with Gasteiger partial charge in [0.15, 0.2) is 0 Å². The third-order valence-electron chi connectivity index (χ3n) is 1.47. The van der Waals surface area contributed by atoms with E-state index in [1.54, 1.807) is 12.1 Å². The lowest BCUT2D eigenvalue weighted by Crippen LogP contribution is -1.95. The molecule has 0 unspecified atom stereocenters. The highest BCUT2D eigenvalue weighted by Crippen LogP contribution is 2.15. The van der Waals surface area contributed by atoms with Crippen molar-refractivity contribution in [3.05, 3.63) is 34.1 Å². The number of hydrogen-bond donors (Lipinski definition) is 0. The highest BCUT2D eigenvalue weighted by Gasteiger charge is 2.01. The van der Waals surface area contributed by atoms with Crippen molar-refractivity contribution >= 4 is 15.9 Å². The predicted molar refractivity (Wildman–Crippen MR) is 49.4 cm³/mol. The fraction of sp³-hybridized carbons (Fsp3) is 0.333. The minimum atomic E-state index is -0.216. The number of halogens is 2. The lowest BCUT2D eigenvalue weighted by atomic mass is 10.2. The molecule has 0 amide bonds. The maximum atomic E-state index is 13.0. The maximum absolute atomic E-state index is 13.0. The van der Waals surface area contributed by atoms with E-state index in [4.69, 9.17) is 4.74 Å². The van der Waals surface area contributed by atoms with Crippen LogP contribution in [0.2, 0.25) is 0 Å². The molecule has 12 heavy (non-hydrogen) atoms. The first-order valence-electron chi connectivity index (χ1n) is 3.75. The van der Waals surface area contributed by atoms with E-state index in [0.717, 1.165) is 4.47 Å². The molecule has 0 fully saturated rings. The summed E-state index contributed by atoms with van der Waals surface area (Å²) in [6, 6.07) is 4.83. The highest BCUT2D eigenvalue weighted by atomic mass is 79.9. The minimum absolute atomic E-state index is 0.216. The second-order valence-corrected chi connectivity index (χ2v) is 3.29. The summed E-state index contributed by atoms with van der Waals surface area (Å²) >= 11 is 3.27. The molecule has 66 valence electrons. The second-order valence-electron chi connectivity index (χ2n) is 2.37. The second kappa shape index (κ2) is 4.58. The van der Waals surface area contributed by atoms with E-state index < -0.39 is 0 Å². The van der Waals surface area contributed by atoms with Gasteiger partial charge in [-0.3, -0.25) is 0 Å². The molecule has 3 heteroatoms. The van der Waals surface area contributed by atoms with Gasteiger partial charge in [-0.05, 0) is 25.1 Å². The fourth-order valence-corrected chi connectivity index (χ4v) is 1.27. The third-order valence-corrected chi connectivity index (χ3v) is 1.96. The van der Waals surface area contributed by atoms with Crippen molar-refractivity contribution in [3.63, 3.8) is 0 Å². The average molecular weight is 233 g/mol. The van der Waals surface area contributed by atoms with E-state index in [2.05, 4.69) is 15.9 Å². The van der Waals surface area contributed by atoms with Gasteiger partial charge < -0.3 is 4.74 Å². The van der Waals surface area contributed by atoms with Crippen LogP contribution < -0.4 is 0 Å². The molecule has 1 aromatic carbocycles. The number of ether oxygens (including phenoxy) is 1. The summed E-state index contributed by atoms with van der Waals surface area (Å²) in [4.78, 5) is 0. The Balaban J connectivity index is 2.75. The number of hydrogen-bond acceptors (Lipinski definition) is 1. The van der Waals surface area contributed by atoms with Crippen LogP contribution in [0.3, 0.4) is 0 Å². The molecule has 0 heterocycles. The van der Waals surface area contributed by atoms with Crippen LogP contribution in [-0.4, -0.2) is 6.61 Å². The Morgan fingerprint density at radius 1 is 1.50 bits per heavy atom. The van der Waals surface area contributed by atoms with E-state index in [-0.39, 0.29) is 5.82 Å². The Morgan fingerprint density at radius 2 is 2.25 bits per heavy atom. The molecule has 0 aliphatic rings. The van der Waals surface area contributed by atoms with Crippen LogP contribution >= 0.6 is 15.9 Å². The average Bonchev–Trinajstić information content (AvgIpc) is 2.07. The first kappa shape index (κ1) is 9.68. The van der Waals surface area contributed by atoms with E-state index in [1.165, 1.54) is 6.07 Å². The molecular weight excluding hydrogens is 223 g/mol. The summed E-state index contributed by atoms with van der Waals surface area (Å²) in [5.74, 6) is -0.216. The fourth-order valence-electron chi connectivity index (χ4n) is 0.866. The largest absolute Gasteiger partial charge is 0.377 e. The van der Waals surface area contributed by atoms with Crippen LogP contribution in [0.1, 0.15) is 12.5 Å². The van der Waals surface area contributed by atoms with Crippen LogP contribution in [0.4, 0.5) is 4.39 Å². The van der Waals surface area contributed by atoms with Crippen molar-refractivity contribution in [1.29, 1.82) is 0 Å². The Morgan fingerprint density at radius 3 is 2.92 bits per heavy atom. The van der Waals surface area contributed by atoms with Crippen molar-refractivity contribution in [2.45, 2.75) is 13.5 Å². The van der Waals surface area contributed by atoms with Gasteiger partial charge in [-0.15, -0.1) is 0 Å². The van der Waals surface area contributed by atoms with Gasteiger partial charge in [-0.25, -0.2) is 4.39 Å². The molecule has 0 aliphatic carbocycles. The monoisotopic (exact) mass is 232 g/mol. The summed E-state index contributed by atoms with van der Waals surface area (Å²) in [5.41, 5.74) is 0.589. The van der Waals surface area contributed by atoms with E-state index in [9.17, 15) is 4.39 Å². The Bertz CT molecular complexity index is 263. The molecule has 0 aromatic heterocycles. The normalized spacial score (nSPS) is 10.2. The van der Waals surface area contributed by atoms with Gasteiger partial charge in [-0.1, -0.05) is 15.9 Å². The smallest absolute Gasteiger partial charge is 0.128 e. The molecule has 1 nitrogen and oxygen atoms in total. The molecule has 0 spiro atoms. The van der Waals surface area contributed by atoms with Gasteiger partial charge in [0, 0.05) is 16.6 Å². The van der Waals surface area contributed by atoms with Crippen LogP contribution in [0.15, 0.2) is 22.7 Å². The predicted octanol–water partition coefficient (Wildman–Crippen LogP) is 3.12. The standard InChI is InChI=1S/C9H10BrFO/c1-2-12-6-7-5-8(10)3-4-9(7)11/h3-5H,2,6H2,1H3. The minimum Gasteiger partial charge on any atom is -0.377 e. The molecule has 0 aliphatic heterocycles. The van der Waals surface area contributed by atoms with Gasteiger partial charge in [0.2, 0.25) is 0 Å². The van der Waals surface area contributed by atoms with Crippen LogP contribution in [0.25, 0.3) is 0 Å². The van der Waals surface area contributed by atoms with Crippen molar-refractivity contribution < 1.29 is 9.13 Å². The zero-order valence-electron chi connectivity index (χ0n) is 6.81. The van der Waals surface area contributed by atoms with Crippen molar-refractivity contribution in [3.8, 4) is 0 Å². The van der Waals surface area contributed by atoms with E-state index in [1.807, 2.05) is 6.92 Å². The molecule has 1 rings (SSSR count). The van der Waals surface area contributed by atoms with Gasteiger partial charge in [0.05, 0.1) is 6.61 Å². The van der Waals surface area contributed by atoms with Crippen molar-refractivity contribution in [2.24, 2.45) is 0 Å². The molecule has 0 atom stereocenters. The zero-order chi connectivity index (χ0) is 8.97. The first-order chi connectivity index (χ1) is 5.74. The van der Waals surface area contributed by atoms with Gasteiger partial charge in [0.1, 0.15) is 5.82 Å².